The summed E-state index contributed by atoms with van der Waals surface area (Å²) < 4.78 is 4.66. The van der Waals surface area contributed by atoms with Gasteiger partial charge in [-0.05, 0) is 20.8 Å². The Kier molecular flexibility index (Phi) is 4.03. The molecule has 0 aromatic heterocycles. The predicted octanol–water partition coefficient (Wildman–Crippen LogP) is -0.866. The number of esters is 1. The number of aliphatic carboxylic acids is 1. The maximum absolute atomic E-state index is 11.0. The Labute approximate surface area is 81.1 Å². The quantitative estimate of drug-likeness (QED) is 0.519. The van der Waals surface area contributed by atoms with Gasteiger partial charge in [0, 0.05) is 0 Å². The summed E-state index contributed by atoms with van der Waals surface area (Å²) in [6, 6.07) is 0. The van der Waals surface area contributed by atoms with Gasteiger partial charge in [0.15, 0.2) is 12.2 Å². The van der Waals surface area contributed by atoms with Crippen LogP contribution in [0.1, 0.15) is 20.8 Å². The van der Waals surface area contributed by atoms with Crippen LogP contribution in [0.25, 0.3) is 0 Å². The molecule has 6 nitrogen and oxygen atoms in total. The smallest absolute Gasteiger partial charge is 0.338 e. The molecule has 6 heteroatoms. The van der Waals surface area contributed by atoms with Crippen LogP contribution in [0.5, 0.6) is 0 Å². The molecular weight excluding hydrogens is 192 g/mol. The van der Waals surface area contributed by atoms with Crippen molar-refractivity contribution in [1.82, 2.24) is 0 Å². The topological polar surface area (TPSA) is 104 Å². The van der Waals surface area contributed by atoms with Gasteiger partial charge >= 0.3 is 11.9 Å². The summed E-state index contributed by atoms with van der Waals surface area (Å²) in [6.07, 6.45) is -4.23. The van der Waals surface area contributed by atoms with Crippen LogP contribution in [0.3, 0.4) is 0 Å². The van der Waals surface area contributed by atoms with Gasteiger partial charge in [-0.15, -0.1) is 0 Å². The molecule has 0 fully saturated rings. The molecule has 2 atom stereocenters. The van der Waals surface area contributed by atoms with E-state index >= 15 is 0 Å². The van der Waals surface area contributed by atoms with E-state index in [9.17, 15) is 9.59 Å². The maximum Gasteiger partial charge on any atom is 0.338 e. The number of aliphatic hydroxyl groups excluding tert-OH is 2. The van der Waals surface area contributed by atoms with Gasteiger partial charge in [-0.3, -0.25) is 0 Å². The van der Waals surface area contributed by atoms with Crippen LogP contribution in [0, 0.1) is 0 Å². The standard InChI is InChI=1S/C8H14O6/c1-8(2,3)14-7(13)5(10)4(9)6(11)12/h4-5,9-10H,1-3H3,(H,11,12)/t4-,5-/m1/s1. The van der Waals surface area contributed by atoms with Crippen LogP contribution < -0.4 is 0 Å². The Morgan fingerprint density at radius 1 is 1.14 bits per heavy atom. The molecule has 0 rings (SSSR count). The lowest BCUT2D eigenvalue weighted by atomic mass is 10.1. The number of carboxylic acid groups (broad SMARTS) is 1. The van der Waals surface area contributed by atoms with Gasteiger partial charge in [-0.25, -0.2) is 9.59 Å². The summed E-state index contributed by atoms with van der Waals surface area (Å²) in [5.41, 5.74) is -0.837. The zero-order chi connectivity index (χ0) is 11.5. The summed E-state index contributed by atoms with van der Waals surface area (Å²) in [5.74, 6) is -2.84. The van der Waals surface area contributed by atoms with Gasteiger partial charge < -0.3 is 20.1 Å². The molecule has 0 unspecified atom stereocenters. The summed E-state index contributed by atoms with van der Waals surface area (Å²) in [6.45, 7) is 4.68. The average Bonchev–Trinajstić information content (AvgIpc) is 1.98. The van der Waals surface area contributed by atoms with E-state index in [4.69, 9.17) is 15.3 Å². The molecule has 0 aliphatic carbocycles. The molecule has 0 spiro atoms. The van der Waals surface area contributed by atoms with Crippen molar-refractivity contribution in [3.05, 3.63) is 0 Å². The Bertz CT molecular complexity index is 228. The third kappa shape index (κ3) is 4.20. The molecule has 3 N–H and O–H groups in total. The molecule has 14 heavy (non-hydrogen) atoms. The van der Waals surface area contributed by atoms with Crippen LogP contribution >= 0.6 is 0 Å². The van der Waals surface area contributed by atoms with Crippen molar-refractivity contribution in [2.45, 2.75) is 38.6 Å². The molecule has 82 valence electrons. The van der Waals surface area contributed by atoms with Gasteiger partial charge in [-0.2, -0.15) is 0 Å². The number of hydrogen-bond donors (Lipinski definition) is 3. The minimum atomic E-state index is -2.16. The summed E-state index contributed by atoms with van der Waals surface area (Å²) in [4.78, 5) is 21.2. The van der Waals surface area contributed by atoms with Crippen molar-refractivity contribution in [2.75, 3.05) is 0 Å². The monoisotopic (exact) mass is 206 g/mol. The molecule has 0 saturated heterocycles. The second kappa shape index (κ2) is 4.39. The second-order valence-corrected chi connectivity index (χ2v) is 3.76. The molecular formula is C8H14O6. The molecule has 0 radical (unpaired) electrons. The van der Waals surface area contributed by atoms with Crippen LogP contribution in [-0.4, -0.2) is 45.1 Å². The fourth-order valence-corrected chi connectivity index (χ4v) is 0.626. The SMILES string of the molecule is CC(C)(C)OC(=O)[C@H](O)[C@@H](O)C(=O)O. The van der Waals surface area contributed by atoms with E-state index in [1.165, 1.54) is 0 Å². The normalized spacial score (nSPS) is 15.8. The van der Waals surface area contributed by atoms with Crippen molar-refractivity contribution < 1.29 is 29.6 Å². The first-order valence-electron chi connectivity index (χ1n) is 3.97. The van der Waals surface area contributed by atoms with Crippen LogP contribution in [-0.2, 0) is 14.3 Å². The lowest BCUT2D eigenvalue weighted by Gasteiger charge is -2.22. The number of hydrogen-bond acceptors (Lipinski definition) is 5. The highest BCUT2D eigenvalue weighted by molar-refractivity contribution is 5.84. The Hall–Kier alpha value is -1.14. The molecule has 0 aliphatic rings. The largest absolute Gasteiger partial charge is 0.479 e. The highest BCUT2D eigenvalue weighted by Crippen LogP contribution is 2.09. The van der Waals surface area contributed by atoms with E-state index in [1.807, 2.05) is 0 Å². The molecule has 0 heterocycles. The average molecular weight is 206 g/mol. The van der Waals surface area contributed by atoms with E-state index in [2.05, 4.69) is 4.74 Å². The third-order valence-electron chi connectivity index (χ3n) is 1.20. The minimum absolute atomic E-state index is 0.837. The Balaban J connectivity index is 4.33. The summed E-state index contributed by atoms with van der Waals surface area (Å²) in [7, 11) is 0. The maximum atomic E-state index is 11.0. The second-order valence-electron chi connectivity index (χ2n) is 3.76. The summed E-state index contributed by atoms with van der Waals surface area (Å²) >= 11 is 0. The first-order chi connectivity index (χ1) is 6.15. The third-order valence-corrected chi connectivity index (χ3v) is 1.20. The van der Waals surface area contributed by atoms with E-state index in [0.29, 0.717) is 0 Å². The van der Waals surface area contributed by atoms with E-state index in [-0.39, 0.29) is 0 Å². The van der Waals surface area contributed by atoms with Gasteiger partial charge in [0.05, 0.1) is 0 Å². The highest BCUT2D eigenvalue weighted by atomic mass is 16.6. The number of carbonyl (C=O) groups excluding carboxylic acids is 1. The van der Waals surface area contributed by atoms with Gasteiger partial charge in [0.25, 0.3) is 0 Å². The van der Waals surface area contributed by atoms with Gasteiger partial charge in [0.2, 0.25) is 0 Å². The first kappa shape index (κ1) is 12.9. The summed E-state index contributed by atoms with van der Waals surface area (Å²) in [5, 5.41) is 26.1. The van der Waals surface area contributed by atoms with Crippen molar-refractivity contribution in [2.24, 2.45) is 0 Å². The van der Waals surface area contributed by atoms with E-state index in [1.54, 1.807) is 20.8 Å². The van der Waals surface area contributed by atoms with E-state index < -0.39 is 29.7 Å². The van der Waals surface area contributed by atoms with Crippen molar-refractivity contribution in [3.8, 4) is 0 Å². The first-order valence-corrected chi connectivity index (χ1v) is 3.97. The van der Waals surface area contributed by atoms with Gasteiger partial charge in [0.1, 0.15) is 5.60 Å². The molecule has 0 aromatic carbocycles. The zero-order valence-corrected chi connectivity index (χ0v) is 8.22. The lowest BCUT2D eigenvalue weighted by Crippen LogP contribution is -2.43. The minimum Gasteiger partial charge on any atom is -0.479 e. The molecule has 0 aliphatic heterocycles. The molecule has 0 bridgehead atoms. The molecule has 0 aromatic rings. The fourth-order valence-electron chi connectivity index (χ4n) is 0.626. The number of carbonyl (C=O) groups is 2. The van der Waals surface area contributed by atoms with Crippen LogP contribution in [0.15, 0.2) is 0 Å². The Morgan fingerprint density at radius 3 is 1.86 bits per heavy atom. The number of aliphatic hydroxyl groups is 2. The Morgan fingerprint density at radius 2 is 1.57 bits per heavy atom. The lowest BCUT2D eigenvalue weighted by molar-refractivity contribution is -0.177. The van der Waals surface area contributed by atoms with Crippen LogP contribution in [0.4, 0.5) is 0 Å². The molecule has 0 amide bonds. The number of ether oxygens (including phenoxy) is 1. The number of rotatable bonds is 3. The van der Waals surface area contributed by atoms with Crippen molar-refractivity contribution >= 4 is 11.9 Å². The van der Waals surface area contributed by atoms with Crippen LogP contribution in [0.2, 0.25) is 0 Å². The number of carboxylic acids is 1. The van der Waals surface area contributed by atoms with E-state index in [0.717, 1.165) is 0 Å². The zero-order valence-electron chi connectivity index (χ0n) is 8.22. The van der Waals surface area contributed by atoms with Crippen molar-refractivity contribution in [3.63, 3.8) is 0 Å². The fraction of sp³-hybridized carbons (Fsp3) is 0.750. The van der Waals surface area contributed by atoms with Gasteiger partial charge in [-0.1, -0.05) is 0 Å². The predicted molar refractivity (Wildman–Crippen MR) is 45.5 cm³/mol. The molecule has 0 saturated carbocycles. The highest BCUT2D eigenvalue weighted by Gasteiger charge is 2.33. The van der Waals surface area contributed by atoms with Crippen molar-refractivity contribution in [1.29, 1.82) is 0 Å².